The van der Waals surface area contributed by atoms with E-state index in [4.69, 9.17) is 0 Å². The largest absolute Gasteiger partial charge is 0.388 e. The van der Waals surface area contributed by atoms with Crippen LogP contribution in [0.2, 0.25) is 0 Å². The van der Waals surface area contributed by atoms with Crippen LogP contribution in [0.3, 0.4) is 0 Å². The molecule has 0 saturated heterocycles. The summed E-state index contributed by atoms with van der Waals surface area (Å²) in [6.07, 6.45) is 0.377. The van der Waals surface area contributed by atoms with Gasteiger partial charge in [-0.1, -0.05) is 25.1 Å². The van der Waals surface area contributed by atoms with Crippen molar-refractivity contribution in [2.24, 2.45) is 0 Å². The minimum absolute atomic E-state index is 0.365. The lowest BCUT2D eigenvalue weighted by atomic mass is 10.1. The highest BCUT2D eigenvalue weighted by atomic mass is 16.3. The summed E-state index contributed by atoms with van der Waals surface area (Å²) in [5, 5.41) is 9.83. The standard InChI is InChI=1S/C18H23NO/c1-5-18(20)15-6-8-16(9-7-15)19(4)17-11-13(2)10-14(3)12-17/h6-12,18,20H,5H2,1-4H3/t18-/m0/s1. The van der Waals surface area contributed by atoms with Gasteiger partial charge in [0.25, 0.3) is 0 Å². The monoisotopic (exact) mass is 269 g/mol. The molecule has 0 spiro atoms. The van der Waals surface area contributed by atoms with E-state index in [1.54, 1.807) is 0 Å². The highest BCUT2D eigenvalue weighted by Gasteiger charge is 2.08. The van der Waals surface area contributed by atoms with Gasteiger partial charge in [-0.25, -0.2) is 0 Å². The predicted molar refractivity (Wildman–Crippen MR) is 85.7 cm³/mol. The quantitative estimate of drug-likeness (QED) is 0.882. The van der Waals surface area contributed by atoms with Crippen molar-refractivity contribution in [3.05, 3.63) is 59.2 Å². The number of anilines is 2. The van der Waals surface area contributed by atoms with Crippen molar-refractivity contribution in [3.63, 3.8) is 0 Å². The summed E-state index contributed by atoms with van der Waals surface area (Å²) in [6.45, 7) is 6.22. The van der Waals surface area contributed by atoms with Crippen LogP contribution in [0.25, 0.3) is 0 Å². The maximum absolute atomic E-state index is 9.83. The lowest BCUT2D eigenvalue weighted by Crippen LogP contribution is -2.10. The van der Waals surface area contributed by atoms with Crippen LogP contribution in [0.1, 0.15) is 36.1 Å². The fourth-order valence-electron chi connectivity index (χ4n) is 2.45. The molecule has 0 heterocycles. The number of aliphatic hydroxyl groups is 1. The molecule has 106 valence electrons. The molecule has 0 unspecified atom stereocenters. The van der Waals surface area contributed by atoms with Crippen LogP contribution < -0.4 is 4.90 Å². The number of aryl methyl sites for hydroxylation is 2. The molecule has 0 saturated carbocycles. The van der Waals surface area contributed by atoms with Crippen LogP contribution in [-0.2, 0) is 0 Å². The molecule has 0 aromatic heterocycles. The predicted octanol–water partition coefficient (Wildman–Crippen LogP) is 4.51. The highest BCUT2D eigenvalue weighted by molar-refractivity contribution is 5.64. The maximum Gasteiger partial charge on any atom is 0.0787 e. The summed E-state index contributed by atoms with van der Waals surface area (Å²) in [5.41, 5.74) is 5.83. The maximum atomic E-state index is 9.83. The molecule has 0 amide bonds. The fraction of sp³-hybridized carbons (Fsp3) is 0.333. The lowest BCUT2D eigenvalue weighted by Gasteiger charge is -2.21. The van der Waals surface area contributed by atoms with Gasteiger partial charge in [-0.3, -0.25) is 0 Å². The number of aliphatic hydroxyl groups excluding tert-OH is 1. The van der Waals surface area contributed by atoms with Crippen LogP contribution >= 0.6 is 0 Å². The minimum Gasteiger partial charge on any atom is -0.388 e. The number of hydrogen-bond acceptors (Lipinski definition) is 2. The number of rotatable bonds is 4. The fourth-order valence-corrected chi connectivity index (χ4v) is 2.45. The molecule has 20 heavy (non-hydrogen) atoms. The van der Waals surface area contributed by atoms with Gasteiger partial charge in [-0.15, -0.1) is 0 Å². The van der Waals surface area contributed by atoms with Gasteiger partial charge in [-0.2, -0.15) is 0 Å². The molecule has 0 fully saturated rings. The first kappa shape index (κ1) is 14.6. The first-order valence-electron chi connectivity index (χ1n) is 7.11. The summed E-state index contributed by atoms with van der Waals surface area (Å²) < 4.78 is 0. The zero-order valence-corrected chi connectivity index (χ0v) is 12.7. The third kappa shape index (κ3) is 3.20. The molecule has 1 N–H and O–H groups in total. The van der Waals surface area contributed by atoms with E-state index >= 15 is 0 Å². The van der Waals surface area contributed by atoms with Crippen LogP contribution in [0.15, 0.2) is 42.5 Å². The van der Waals surface area contributed by atoms with Crippen molar-refractivity contribution < 1.29 is 5.11 Å². The van der Waals surface area contributed by atoms with Crippen molar-refractivity contribution in [3.8, 4) is 0 Å². The molecule has 1 atom stereocenters. The Morgan fingerprint density at radius 1 is 0.950 bits per heavy atom. The number of benzene rings is 2. The Labute approximate surface area is 121 Å². The summed E-state index contributed by atoms with van der Waals surface area (Å²) in [7, 11) is 2.07. The zero-order valence-electron chi connectivity index (χ0n) is 12.7. The summed E-state index contributed by atoms with van der Waals surface area (Å²) in [6, 6.07) is 14.7. The van der Waals surface area contributed by atoms with Crippen molar-refractivity contribution in [2.45, 2.75) is 33.3 Å². The van der Waals surface area contributed by atoms with Crippen LogP contribution in [-0.4, -0.2) is 12.2 Å². The SMILES string of the molecule is CC[C@H](O)c1ccc(N(C)c2cc(C)cc(C)c2)cc1. The first-order chi connectivity index (χ1) is 9.51. The summed E-state index contributed by atoms with van der Waals surface area (Å²) >= 11 is 0. The third-order valence-electron chi connectivity index (χ3n) is 3.65. The van der Waals surface area contributed by atoms with Crippen LogP contribution in [0.4, 0.5) is 11.4 Å². The molecular weight excluding hydrogens is 246 g/mol. The Hall–Kier alpha value is -1.80. The van der Waals surface area contributed by atoms with Gasteiger partial charge >= 0.3 is 0 Å². The van der Waals surface area contributed by atoms with Crippen molar-refractivity contribution in [1.29, 1.82) is 0 Å². The Kier molecular flexibility index (Phi) is 4.46. The topological polar surface area (TPSA) is 23.5 Å². The number of hydrogen-bond donors (Lipinski definition) is 1. The Morgan fingerprint density at radius 2 is 1.50 bits per heavy atom. The molecule has 2 rings (SSSR count). The molecule has 2 heteroatoms. The second-order valence-corrected chi connectivity index (χ2v) is 5.42. The average Bonchev–Trinajstić information content (AvgIpc) is 2.45. The molecule has 0 radical (unpaired) electrons. The van der Waals surface area contributed by atoms with Gasteiger partial charge in [0, 0.05) is 18.4 Å². The highest BCUT2D eigenvalue weighted by Crippen LogP contribution is 2.27. The van der Waals surface area contributed by atoms with E-state index < -0.39 is 0 Å². The van der Waals surface area contributed by atoms with E-state index in [1.165, 1.54) is 16.8 Å². The summed E-state index contributed by atoms with van der Waals surface area (Å²) in [5.74, 6) is 0. The van der Waals surface area contributed by atoms with Crippen molar-refractivity contribution in [2.75, 3.05) is 11.9 Å². The molecule has 0 aliphatic rings. The molecule has 2 nitrogen and oxygen atoms in total. The minimum atomic E-state index is -0.365. The van der Waals surface area contributed by atoms with E-state index in [9.17, 15) is 5.11 Å². The molecular formula is C18H23NO. The second-order valence-electron chi connectivity index (χ2n) is 5.42. The van der Waals surface area contributed by atoms with Crippen molar-refractivity contribution in [1.82, 2.24) is 0 Å². The van der Waals surface area contributed by atoms with Crippen LogP contribution in [0, 0.1) is 13.8 Å². The molecule has 0 aliphatic heterocycles. The Bertz CT molecular complexity index is 554. The van der Waals surface area contributed by atoms with Gasteiger partial charge in [0.15, 0.2) is 0 Å². The first-order valence-corrected chi connectivity index (χ1v) is 7.11. The van der Waals surface area contributed by atoms with E-state index in [-0.39, 0.29) is 6.10 Å². The van der Waals surface area contributed by atoms with E-state index in [1.807, 2.05) is 19.1 Å². The van der Waals surface area contributed by atoms with Gasteiger partial charge in [0.05, 0.1) is 6.10 Å². The Balaban J connectivity index is 2.26. The van der Waals surface area contributed by atoms with E-state index in [2.05, 4.69) is 56.1 Å². The van der Waals surface area contributed by atoms with Gasteiger partial charge in [-0.05, 0) is 61.2 Å². The van der Waals surface area contributed by atoms with E-state index in [0.29, 0.717) is 0 Å². The van der Waals surface area contributed by atoms with Gasteiger partial charge in [0.1, 0.15) is 0 Å². The normalized spacial score (nSPS) is 12.2. The van der Waals surface area contributed by atoms with Gasteiger partial charge < -0.3 is 10.0 Å². The van der Waals surface area contributed by atoms with E-state index in [0.717, 1.165) is 17.7 Å². The molecule has 0 aliphatic carbocycles. The lowest BCUT2D eigenvalue weighted by molar-refractivity contribution is 0.173. The average molecular weight is 269 g/mol. The second kappa shape index (κ2) is 6.10. The smallest absolute Gasteiger partial charge is 0.0787 e. The molecule has 0 bridgehead atoms. The summed E-state index contributed by atoms with van der Waals surface area (Å²) in [4.78, 5) is 2.17. The number of nitrogens with zero attached hydrogens (tertiary/aromatic N) is 1. The Morgan fingerprint density at radius 3 is 2.00 bits per heavy atom. The zero-order chi connectivity index (χ0) is 14.7. The molecule has 2 aromatic carbocycles. The van der Waals surface area contributed by atoms with Crippen molar-refractivity contribution >= 4 is 11.4 Å². The molecule has 2 aromatic rings. The third-order valence-corrected chi connectivity index (χ3v) is 3.65. The van der Waals surface area contributed by atoms with Gasteiger partial charge in [0.2, 0.25) is 0 Å². The van der Waals surface area contributed by atoms with Crippen LogP contribution in [0.5, 0.6) is 0 Å².